The second-order valence-corrected chi connectivity index (χ2v) is 5.77. The highest BCUT2D eigenvalue weighted by Crippen LogP contribution is 2.21. The summed E-state index contributed by atoms with van der Waals surface area (Å²) in [7, 11) is 0. The van der Waals surface area contributed by atoms with Gasteiger partial charge in [0.2, 0.25) is 0 Å². The molecule has 2 aromatic rings. The van der Waals surface area contributed by atoms with Gasteiger partial charge < -0.3 is 15.8 Å². The number of nitrogen functional groups attached to an aromatic ring is 1. The maximum Gasteiger partial charge on any atom is 0.338 e. The third kappa shape index (κ3) is 4.12. The summed E-state index contributed by atoms with van der Waals surface area (Å²) < 4.78 is 4.92. The lowest BCUT2D eigenvalue weighted by atomic mass is 10.2. The first-order chi connectivity index (χ1) is 13.0. The Morgan fingerprint density at radius 1 is 1.11 bits per heavy atom. The van der Waals surface area contributed by atoms with Crippen LogP contribution in [0, 0.1) is 0 Å². The van der Waals surface area contributed by atoms with Gasteiger partial charge in [-0.3, -0.25) is 9.59 Å². The van der Waals surface area contributed by atoms with Crippen LogP contribution in [-0.2, 0) is 9.53 Å². The van der Waals surface area contributed by atoms with Crippen LogP contribution in [0.1, 0.15) is 34.1 Å². The Hall–Kier alpha value is -3.68. The van der Waals surface area contributed by atoms with Crippen molar-refractivity contribution in [2.24, 2.45) is 5.10 Å². The molecule has 0 aromatic heterocycles. The molecule has 2 aromatic carbocycles. The van der Waals surface area contributed by atoms with E-state index in [2.05, 4.69) is 10.4 Å². The van der Waals surface area contributed by atoms with Crippen LogP contribution in [0.2, 0.25) is 0 Å². The summed E-state index contributed by atoms with van der Waals surface area (Å²) in [6, 6.07) is 12.7. The van der Waals surface area contributed by atoms with E-state index in [9.17, 15) is 14.4 Å². The highest BCUT2D eigenvalue weighted by Gasteiger charge is 2.26. The molecule has 1 aliphatic rings. The van der Waals surface area contributed by atoms with E-state index >= 15 is 0 Å². The average molecular weight is 366 g/mol. The van der Waals surface area contributed by atoms with Crippen molar-refractivity contribution in [3.8, 4) is 0 Å². The summed E-state index contributed by atoms with van der Waals surface area (Å²) >= 11 is 0. The van der Waals surface area contributed by atoms with Crippen LogP contribution >= 0.6 is 0 Å². The molecule has 0 saturated heterocycles. The molecule has 0 atom stereocenters. The number of amides is 2. The molecule has 0 bridgehead atoms. The summed E-state index contributed by atoms with van der Waals surface area (Å²) in [4.78, 5) is 36.1. The number of hydrogen-bond acceptors (Lipinski definition) is 6. The first kappa shape index (κ1) is 18.1. The van der Waals surface area contributed by atoms with Crippen molar-refractivity contribution >= 4 is 35.0 Å². The SMILES string of the molecule is CCOC(=O)c1ccc(N2N=C(NC(=O)c3ccc(N)cc3)CC2=O)cc1. The number of nitrogens with two attached hydrogens (primary N) is 1. The smallest absolute Gasteiger partial charge is 0.338 e. The Balaban J connectivity index is 1.71. The monoisotopic (exact) mass is 366 g/mol. The predicted octanol–water partition coefficient (Wildman–Crippen LogP) is 1.93. The zero-order valence-corrected chi connectivity index (χ0v) is 14.6. The average Bonchev–Trinajstić information content (AvgIpc) is 3.02. The lowest BCUT2D eigenvalue weighted by Crippen LogP contribution is -2.29. The minimum atomic E-state index is -0.434. The highest BCUT2D eigenvalue weighted by atomic mass is 16.5. The first-order valence-electron chi connectivity index (χ1n) is 8.32. The van der Waals surface area contributed by atoms with Gasteiger partial charge in [0, 0.05) is 11.3 Å². The molecule has 138 valence electrons. The van der Waals surface area contributed by atoms with Gasteiger partial charge in [-0.25, -0.2) is 4.79 Å². The van der Waals surface area contributed by atoms with E-state index in [1.54, 1.807) is 55.5 Å². The Labute approximate surface area is 155 Å². The third-order valence-corrected chi connectivity index (χ3v) is 3.83. The van der Waals surface area contributed by atoms with E-state index in [1.165, 1.54) is 5.01 Å². The number of carbonyl (C=O) groups is 3. The molecule has 0 saturated carbocycles. The van der Waals surface area contributed by atoms with Crippen molar-refractivity contribution in [3.63, 3.8) is 0 Å². The Kier molecular flexibility index (Phi) is 5.16. The van der Waals surface area contributed by atoms with Crippen LogP contribution < -0.4 is 16.1 Å². The lowest BCUT2D eigenvalue weighted by molar-refractivity contribution is -0.116. The number of esters is 1. The Bertz CT molecular complexity index is 904. The molecule has 27 heavy (non-hydrogen) atoms. The molecule has 3 N–H and O–H groups in total. The maximum atomic E-state index is 12.2. The Morgan fingerprint density at radius 2 is 1.74 bits per heavy atom. The minimum Gasteiger partial charge on any atom is -0.462 e. The van der Waals surface area contributed by atoms with E-state index in [4.69, 9.17) is 10.5 Å². The van der Waals surface area contributed by atoms with Crippen LogP contribution in [0.25, 0.3) is 0 Å². The number of nitrogens with one attached hydrogen (secondary N) is 1. The van der Waals surface area contributed by atoms with Gasteiger partial charge in [-0.2, -0.15) is 10.1 Å². The molecule has 0 unspecified atom stereocenters. The van der Waals surface area contributed by atoms with Crippen LogP contribution in [0.4, 0.5) is 11.4 Å². The normalized spacial score (nSPS) is 13.3. The lowest BCUT2D eigenvalue weighted by Gasteiger charge is -2.11. The van der Waals surface area contributed by atoms with Gasteiger partial charge in [-0.1, -0.05) is 0 Å². The van der Waals surface area contributed by atoms with E-state index in [0.29, 0.717) is 22.5 Å². The number of nitrogens with zero attached hydrogens (tertiary/aromatic N) is 2. The number of rotatable bonds is 4. The van der Waals surface area contributed by atoms with Crippen molar-refractivity contribution in [2.45, 2.75) is 13.3 Å². The number of anilines is 2. The van der Waals surface area contributed by atoms with Crippen LogP contribution in [0.15, 0.2) is 53.6 Å². The second kappa shape index (κ2) is 7.69. The van der Waals surface area contributed by atoms with Crippen molar-refractivity contribution < 1.29 is 19.1 Å². The molecule has 8 nitrogen and oxygen atoms in total. The molecule has 0 radical (unpaired) electrons. The molecule has 1 heterocycles. The molecule has 8 heteroatoms. The van der Waals surface area contributed by atoms with Crippen molar-refractivity contribution in [3.05, 3.63) is 59.7 Å². The summed E-state index contributed by atoms with van der Waals surface area (Å²) in [5.41, 5.74) is 7.44. The number of amidine groups is 1. The van der Waals surface area contributed by atoms with Gasteiger partial charge in [0.25, 0.3) is 11.8 Å². The fourth-order valence-electron chi connectivity index (χ4n) is 2.49. The fourth-order valence-corrected chi connectivity index (χ4v) is 2.49. The Morgan fingerprint density at radius 3 is 2.37 bits per heavy atom. The third-order valence-electron chi connectivity index (χ3n) is 3.83. The zero-order valence-electron chi connectivity index (χ0n) is 14.6. The van der Waals surface area contributed by atoms with Crippen LogP contribution in [0.5, 0.6) is 0 Å². The zero-order chi connectivity index (χ0) is 19.4. The number of ether oxygens (including phenoxy) is 1. The molecule has 0 fully saturated rings. The van der Waals surface area contributed by atoms with Crippen molar-refractivity contribution in [1.29, 1.82) is 0 Å². The van der Waals surface area contributed by atoms with Gasteiger partial charge in [-0.05, 0) is 55.5 Å². The van der Waals surface area contributed by atoms with E-state index in [-0.39, 0.29) is 30.7 Å². The van der Waals surface area contributed by atoms with Crippen molar-refractivity contribution in [2.75, 3.05) is 17.3 Å². The summed E-state index contributed by atoms with van der Waals surface area (Å²) in [6.07, 6.45) is -0.0274. The number of benzene rings is 2. The topological polar surface area (TPSA) is 114 Å². The largest absolute Gasteiger partial charge is 0.462 e. The standard InChI is InChI=1S/C19H18N4O4/c1-2-27-19(26)13-5-9-15(10-6-13)23-17(24)11-16(22-23)21-18(25)12-3-7-14(20)8-4-12/h3-10H,2,11,20H2,1H3,(H,21,22,25). The first-order valence-corrected chi connectivity index (χ1v) is 8.32. The maximum absolute atomic E-state index is 12.2. The molecular formula is C19H18N4O4. The van der Waals surface area contributed by atoms with Gasteiger partial charge in [-0.15, -0.1) is 0 Å². The quantitative estimate of drug-likeness (QED) is 0.634. The summed E-state index contributed by atoms with van der Waals surface area (Å²) in [5, 5.41) is 7.97. The molecular weight excluding hydrogens is 348 g/mol. The van der Waals surface area contributed by atoms with Gasteiger partial charge >= 0.3 is 5.97 Å². The van der Waals surface area contributed by atoms with E-state index in [1.807, 2.05) is 0 Å². The van der Waals surface area contributed by atoms with Gasteiger partial charge in [0.15, 0.2) is 0 Å². The number of carbonyl (C=O) groups excluding carboxylic acids is 3. The highest BCUT2D eigenvalue weighted by molar-refractivity contribution is 6.17. The minimum absolute atomic E-state index is 0.0274. The van der Waals surface area contributed by atoms with Crippen LogP contribution in [0.3, 0.4) is 0 Å². The number of hydrogen-bond donors (Lipinski definition) is 2. The fraction of sp³-hybridized carbons (Fsp3) is 0.158. The van der Waals surface area contributed by atoms with Gasteiger partial charge in [0.1, 0.15) is 5.84 Å². The van der Waals surface area contributed by atoms with E-state index in [0.717, 1.165) is 0 Å². The number of hydrazone groups is 1. The second-order valence-electron chi connectivity index (χ2n) is 5.77. The van der Waals surface area contributed by atoms with Crippen molar-refractivity contribution in [1.82, 2.24) is 5.32 Å². The summed E-state index contributed by atoms with van der Waals surface area (Å²) in [5.74, 6) is -0.847. The van der Waals surface area contributed by atoms with Crippen LogP contribution in [-0.4, -0.2) is 30.2 Å². The molecule has 0 aliphatic carbocycles. The van der Waals surface area contributed by atoms with Gasteiger partial charge in [0.05, 0.1) is 24.3 Å². The molecule has 0 spiro atoms. The predicted molar refractivity (Wildman–Crippen MR) is 100 cm³/mol. The molecule has 3 rings (SSSR count). The molecule has 2 amide bonds. The molecule has 1 aliphatic heterocycles. The summed E-state index contributed by atoms with van der Waals surface area (Å²) in [6.45, 7) is 2.01. The van der Waals surface area contributed by atoms with E-state index < -0.39 is 5.97 Å².